The zero-order chi connectivity index (χ0) is 24.5. The number of rotatable bonds is 7. The molecule has 1 saturated heterocycles. The molecule has 1 atom stereocenters. The van der Waals surface area contributed by atoms with E-state index in [2.05, 4.69) is 30.0 Å². The van der Waals surface area contributed by atoms with Crippen molar-refractivity contribution in [2.24, 2.45) is 0 Å². The zero-order valence-corrected chi connectivity index (χ0v) is 19.2. The first kappa shape index (κ1) is 23.6. The summed E-state index contributed by atoms with van der Waals surface area (Å²) in [6.45, 7) is -2.33. The Kier molecular flexibility index (Phi) is 6.66. The number of hydrogen-bond acceptors (Lipinski definition) is 4. The number of H-pyrrole nitrogens is 2. The number of ether oxygens (including phenoxy) is 1. The lowest BCUT2D eigenvalue weighted by atomic mass is 9.91. The summed E-state index contributed by atoms with van der Waals surface area (Å²) in [5.41, 5.74) is 2.14. The quantitative estimate of drug-likeness (QED) is 0.271. The van der Waals surface area contributed by atoms with Gasteiger partial charge in [-0.25, -0.2) is 14.4 Å². The molecule has 35 heavy (non-hydrogen) atoms. The van der Waals surface area contributed by atoms with Gasteiger partial charge in [0.15, 0.2) is 0 Å². The summed E-state index contributed by atoms with van der Waals surface area (Å²) in [4.78, 5) is 15.3. The lowest BCUT2D eigenvalue weighted by molar-refractivity contribution is -0.0506. The van der Waals surface area contributed by atoms with Crippen LogP contribution in [0.3, 0.4) is 0 Å². The number of imidazole rings is 1. The summed E-state index contributed by atoms with van der Waals surface area (Å²) in [5.74, 6) is -1.16. The second kappa shape index (κ2) is 9.87. The van der Waals surface area contributed by atoms with E-state index in [-0.39, 0.29) is 11.3 Å². The van der Waals surface area contributed by atoms with Crippen LogP contribution < -0.4 is 10.1 Å². The minimum Gasteiger partial charge on any atom is -0.434 e. The highest BCUT2D eigenvalue weighted by Gasteiger charge is 2.28. The van der Waals surface area contributed by atoms with Crippen LogP contribution >= 0.6 is 11.6 Å². The maximum absolute atomic E-state index is 14.4. The summed E-state index contributed by atoms with van der Waals surface area (Å²) in [6, 6.07) is 3.74. The Labute approximate surface area is 203 Å². The van der Waals surface area contributed by atoms with Gasteiger partial charge in [-0.2, -0.15) is 8.78 Å². The van der Waals surface area contributed by atoms with Gasteiger partial charge in [-0.05, 0) is 49.7 Å². The van der Waals surface area contributed by atoms with Crippen LogP contribution in [0.1, 0.15) is 41.6 Å². The first-order valence-corrected chi connectivity index (χ1v) is 11.6. The van der Waals surface area contributed by atoms with Crippen molar-refractivity contribution in [3.63, 3.8) is 0 Å². The molecular formula is C24H22ClF4N5O. The second-order valence-corrected chi connectivity index (χ2v) is 8.81. The second-order valence-electron chi connectivity index (χ2n) is 8.43. The Bertz CT molecular complexity index is 1330. The van der Waals surface area contributed by atoms with Crippen LogP contribution in [0.4, 0.5) is 17.6 Å². The van der Waals surface area contributed by atoms with Gasteiger partial charge in [-0.3, -0.25) is 4.39 Å². The average Bonchev–Trinajstić information content (AvgIpc) is 3.51. The number of fused-ring (bicyclic) bond motifs is 1. The van der Waals surface area contributed by atoms with E-state index in [1.54, 1.807) is 18.5 Å². The van der Waals surface area contributed by atoms with Gasteiger partial charge in [0, 0.05) is 40.7 Å². The third-order valence-corrected chi connectivity index (χ3v) is 6.77. The number of halogens is 5. The SMILES string of the molecule is FC[C@@H](c1c(OC(F)F)ccc(F)c1Cl)c1c[nH]c2ncc(-c3cnc(C4CCNCC4)[nH]3)cc12. The summed E-state index contributed by atoms with van der Waals surface area (Å²) < 4.78 is 59.2. The molecule has 1 aliphatic heterocycles. The van der Waals surface area contributed by atoms with Gasteiger partial charge in [-0.1, -0.05) is 11.6 Å². The third kappa shape index (κ3) is 4.60. The topological polar surface area (TPSA) is 78.6 Å². The lowest BCUT2D eigenvalue weighted by Gasteiger charge is -2.20. The fourth-order valence-electron chi connectivity index (χ4n) is 4.63. The van der Waals surface area contributed by atoms with E-state index in [1.807, 2.05) is 0 Å². The number of nitrogens with zero attached hydrogens (tertiary/aromatic N) is 2. The fourth-order valence-corrected chi connectivity index (χ4v) is 4.92. The molecule has 0 saturated carbocycles. The third-order valence-electron chi connectivity index (χ3n) is 6.38. The lowest BCUT2D eigenvalue weighted by Crippen LogP contribution is -2.27. The molecule has 184 valence electrons. The molecule has 0 aliphatic carbocycles. The summed E-state index contributed by atoms with van der Waals surface area (Å²) in [6.07, 6.45) is 6.89. The van der Waals surface area contributed by atoms with Crippen LogP contribution in [0.15, 0.2) is 36.8 Å². The largest absolute Gasteiger partial charge is 0.434 e. The fraction of sp³-hybridized carbons (Fsp3) is 0.333. The first-order chi connectivity index (χ1) is 17.0. The molecule has 11 heteroatoms. The van der Waals surface area contributed by atoms with E-state index in [4.69, 9.17) is 11.6 Å². The number of benzene rings is 1. The van der Waals surface area contributed by atoms with Gasteiger partial charge in [0.25, 0.3) is 0 Å². The number of aromatic nitrogens is 4. The standard InChI is InChI=1S/C24H22ClF4N5O/c25-21-17(27)1-2-19(35-24(28)29)20(21)15(8-26)16-10-32-23-14(16)7-13(9-31-23)18-11-33-22(34-18)12-3-5-30-6-4-12/h1-2,7,9-12,15,24,30H,3-6,8H2,(H,31,32)(H,33,34)/t15-/m1/s1. The summed E-state index contributed by atoms with van der Waals surface area (Å²) >= 11 is 6.12. The molecule has 6 nitrogen and oxygen atoms in total. The maximum Gasteiger partial charge on any atom is 0.387 e. The predicted molar refractivity (Wildman–Crippen MR) is 124 cm³/mol. The molecule has 3 aromatic heterocycles. The average molecular weight is 508 g/mol. The van der Waals surface area contributed by atoms with Crippen molar-refractivity contribution in [3.05, 3.63) is 64.6 Å². The van der Waals surface area contributed by atoms with Crippen molar-refractivity contribution < 1.29 is 22.3 Å². The van der Waals surface area contributed by atoms with Crippen molar-refractivity contribution in [2.45, 2.75) is 31.3 Å². The van der Waals surface area contributed by atoms with Gasteiger partial charge in [-0.15, -0.1) is 0 Å². The highest BCUT2D eigenvalue weighted by atomic mass is 35.5. The Hall–Kier alpha value is -3.11. The van der Waals surface area contributed by atoms with Crippen LogP contribution in [0, 0.1) is 5.82 Å². The smallest absolute Gasteiger partial charge is 0.387 e. The molecule has 0 radical (unpaired) electrons. The van der Waals surface area contributed by atoms with Crippen LogP contribution in [0.5, 0.6) is 5.75 Å². The van der Waals surface area contributed by atoms with Crippen molar-refractivity contribution in [3.8, 4) is 17.0 Å². The van der Waals surface area contributed by atoms with Gasteiger partial charge in [0.05, 0.1) is 16.9 Å². The number of aromatic amines is 2. The maximum atomic E-state index is 14.4. The minimum absolute atomic E-state index is 0.185. The van der Waals surface area contributed by atoms with Crippen LogP contribution in [-0.4, -0.2) is 46.3 Å². The van der Waals surface area contributed by atoms with Crippen LogP contribution in [0.25, 0.3) is 22.3 Å². The van der Waals surface area contributed by atoms with Crippen LogP contribution in [-0.2, 0) is 0 Å². The Balaban J connectivity index is 1.55. The van der Waals surface area contributed by atoms with E-state index in [1.165, 1.54) is 6.20 Å². The molecule has 4 aromatic rings. The monoisotopic (exact) mass is 507 g/mol. The molecule has 1 aromatic carbocycles. The molecule has 0 spiro atoms. The van der Waals surface area contributed by atoms with Crippen molar-refractivity contribution in [2.75, 3.05) is 19.8 Å². The van der Waals surface area contributed by atoms with E-state index in [9.17, 15) is 17.6 Å². The number of nitrogens with one attached hydrogen (secondary N) is 3. The number of alkyl halides is 3. The molecule has 1 fully saturated rings. The number of hydrogen-bond donors (Lipinski definition) is 3. The highest BCUT2D eigenvalue weighted by molar-refractivity contribution is 6.31. The normalized spacial score (nSPS) is 15.7. The van der Waals surface area contributed by atoms with E-state index in [0.717, 1.165) is 55.1 Å². The van der Waals surface area contributed by atoms with E-state index < -0.39 is 30.0 Å². The summed E-state index contributed by atoms with van der Waals surface area (Å²) in [7, 11) is 0. The van der Waals surface area contributed by atoms with Gasteiger partial charge in [0.1, 0.15) is 29.7 Å². The molecule has 0 amide bonds. The number of pyridine rings is 1. The zero-order valence-electron chi connectivity index (χ0n) is 18.4. The molecule has 0 unspecified atom stereocenters. The molecule has 3 N–H and O–H groups in total. The van der Waals surface area contributed by atoms with E-state index in [0.29, 0.717) is 22.5 Å². The Morgan fingerprint density at radius 2 is 1.94 bits per heavy atom. The molecular weight excluding hydrogens is 486 g/mol. The highest BCUT2D eigenvalue weighted by Crippen LogP contribution is 2.42. The van der Waals surface area contributed by atoms with E-state index >= 15 is 0 Å². The number of piperidine rings is 1. The summed E-state index contributed by atoms with van der Waals surface area (Å²) in [5, 5.41) is 3.41. The first-order valence-electron chi connectivity index (χ1n) is 11.2. The van der Waals surface area contributed by atoms with Gasteiger partial charge >= 0.3 is 6.61 Å². The van der Waals surface area contributed by atoms with Crippen molar-refractivity contribution in [1.82, 2.24) is 25.3 Å². The molecule has 4 heterocycles. The minimum atomic E-state index is -3.18. The predicted octanol–water partition coefficient (Wildman–Crippen LogP) is 5.92. The Morgan fingerprint density at radius 3 is 2.69 bits per heavy atom. The molecule has 0 bridgehead atoms. The molecule has 1 aliphatic rings. The van der Waals surface area contributed by atoms with Gasteiger partial charge < -0.3 is 20.0 Å². The van der Waals surface area contributed by atoms with Gasteiger partial charge in [0.2, 0.25) is 0 Å². The van der Waals surface area contributed by atoms with Crippen LogP contribution in [0.2, 0.25) is 5.02 Å². The Morgan fingerprint density at radius 1 is 1.14 bits per heavy atom. The van der Waals surface area contributed by atoms with Crippen molar-refractivity contribution >= 4 is 22.6 Å². The molecule has 5 rings (SSSR count). The van der Waals surface area contributed by atoms with Crippen molar-refractivity contribution in [1.29, 1.82) is 0 Å².